The molecule has 124 valence electrons. The Balaban J connectivity index is 1.48. The Morgan fingerprint density at radius 3 is 3.00 bits per heavy atom. The van der Waals surface area contributed by atoms with Crippen LogP contribution in [0.1, 0.15) is 29.3 Å². The second kappa shape index (κ2) is 6.91. The molecule has 1 fully saturated rings. The number of benzene rings is 2. The molecule has 0 saturated carbocycles. The number of nitrogens with one attached hydrogen (secondary N) is 1. The lowest BCUT2D eigenvalue weighted by atomic mass is 9.98. The maximum absolute atomic E-state index is 5.35. The summed E-state index contributed by atoms with van der Waals surface area (Å²) in [5.74, 6) is 1.54. The molecule has 3 aromatic rings. The fourth-order valence-corrected chi connectivity index (χ4v) is 4.76. The van der Waals surface area contributed by atoms with Crippen molar-refractivity contribution in [1.29, 1.82) is 0 Å². The molecular formula is C20H23N2OS+. The van der Waals surface area contributed by atoms with Gasteiger partial charge < -0.3 is 9.64 Å². The number of hydrogen-bond donors (Lipinski definition) is 1. The van der Waals surface area contributed by atoms with E-state index in [1.54, 1.807) is 12.0 Å². The summed E-state index contributed by atoms with van der Waals surface area (Å²) in [6.45, 7) is 3.49. The van der Waals surface area contributed by atoms with Gasteiger partial charge in [0.25, 0.3) is 0 Å². The predicted molar refractivity (Wildman–Crippen MR) is 99.0 cm³/mol. The molecule has 1 aliphatic rings. The lowest BCUT2D eigenvalue weighted by Crippen LogP contribution is -3.12. The van der Waals surface area contributed by atoms with E-state index in [-0.39, 0.29) is 0 Å². The molecule has 1 saturated heterocycles. The van der Waals surface area contributed by atoms with Crippen molar-refractivity contribution in [3.8, 4) is 5.75 Å². The summed E-state index contributed by atoms with van der Waals surface area (Å²) in [6.07, 6.45) is 2.54. The molecule has 0 bridgehead atoms. The smallest absolute Gasteiger partial charge is 0.119 e. The number of hydrogen-bond acceptors (Lipinski definition) is 3. The number of methoxy groups -OCH3 is 1. The summed E-state index contributed by atoms with van der Waals surface area (Å²) in [5, 5.41) is 1.32. The number of para-hydroxylation sites is 1. The van der Waals surface area contributed by atoms with Gasteiger partial charge in [-0.05, 0) is 37.1 Å². The van der Waals surface area contributed by atoms with Gasteiger partial charge in [-0.15, -0.1) is 11.3 Å². The van der Waals surface area contributed by atoms with E-state index in [0.29, 0.717) is 5.92 Å². The number of thiazole rings is 1. The highest BCUT2D eigenvalue weighted by Crippen LogP contribution is 2.30. The lowest BCUT2D eigenvalue weighted by molar-refractivity contribution is -0.920. The molecule has 4 heteroatoms. The summed E-state index contributed by atoms with van der Waals surface area (Å²) in [5.41, 5.74) is 2.51. The van der Waals surface area contributed by atoms with Gasteiger partial charge in [0.15, 0.2) is 0 Å². The van der Waals surface area contributed by atoms with Gasteiger partial charge in [-0.2, -0.15) is 0 Å². The van der Waals surface area contributed by atoms with Crippen molar-refractivity contribution in [3.05, 3.63) is 59.1 Å². The monoisotopic (exact) mass is 339 g/mol. The van der Waals surface area contributed by atoms with Crippen LogP contribution in [-0.2, 0) is 6.54 Å². The van der Waals surface area contributed by atoms with Gasteiger partial charge in [0, 0.05) is 5.56 Å². The summed E-state index contributed by atoms with van der Waals surface area (Å²) in [6, 6.07) is 16.9. The lowest BCUT2D eigenvalue weighted by Gasteiger charge is -2.29. The molecule has 0 radical (unpaired) electrons. The number of likely N-dealkylation sites (tertiary alicyclic amines) is 1. The van der Waals surface area contributed by atoms with Gasteiger partial charge in [-0.1, -0.05) is 24.3 Å². The van der Waals surface area contributed by atoms with Crippen LogP contribution in [-0.4, -0.2) is 25.2 Å². The normalized spacial score (nSPS) is 21.0. The second-order valence-corrected chi connectivity index (χ2v) is 7.65. The van der Waals surface area contributed by atoms with Crippen LogP contribution in [0.4, 0.5) is 0 Å². The first-order valence-corrected chi connectivity index (χ1v) is 9.45. The van der Waals surface area contributed by atoms with E-state index in [1.165, 1.54) is 41.2 Å². The minimum absolute atomic E-state index is 0.594. The van der Waals surface area contributed by atoms with Gasteiger partial charge in [0.2, 0.25) is 0 Å². The topological polar surface area (TPSA) is 26.6 Å². The van der Waals surface area contributed by atoms with Crippen LogP contribution in [0, 0.1) is 0 Å². The van der Waals surface area contributed by atoms with Gasteiger partial charge in [0.1, 0.15) is 17.3 Å². The number of nitrogens with zero attached hydrogens (tertiary/aromatic N) is 1. The molecule has 3 nitrogen and oxygen atoms in total. The zero-order valence-corrected chi connectivity index (χ0v) is 14.8. The molecule has 24 heavy (non-hydrogen) atoms. The molecule has 1 unspecified atom stereocenters. The Morgan fingerprint density at radius 1 is 1.21 bits per heavy atom. The van der Waals surface area contributed by atoms with Crippen LogP contribution in [0.3, 0.4) is 0 Å². The van der Waals surface area contributed by atoms with Crippen LogP contribution in [0.15, 0.2) is 48.5 Å². The zero-order valence-electron chi connectivity index (χ0n) is 14.0. The molecule has 2 heterocycles. The molecule has 0 amide bonds. The van der Waals surface area contributed by atoms with Crippen molar-refractivity contribution in [2.24, 2.45) is 0 Å². The number of piperidine rings is 1. The summed E-state index contributed by atoms with van der Waals surface area (Å²) >= 11 is 1.87. The standard InChI is InChI=1S/C20H22N2OS/c1-23-17-8-4-6-15(12-17)13-22-11-5-7-16(14-22)20-21-18-9-2-3-10-19(18)24-20/h2-4,6,8-10,12,16H,5,7,11,13-14H2,1H3/p+1/t16-/m1/s1. The Labute approximate surface area is 146 Å². The molecule has 0 aliphatic carbocycles. The molecule has 4 rings (SSSR count). The maximum atomic E-state index is 5.35. The van der Waals surface area contributed by atoms with Gasteiger partial charge in [0.05, 0.1) is 36.3 Å². The first kappa shape index (κ1) is 15.6. The van der Waals surface area contributed by atoms with Crippen LogP contribution in [0.2, 0.25) is 0 Å². The third-order valence-electron chi connectivity index (χ3n) is 4.87. The van der Waals surface area contributed by atoms with Crippen molar-refractivity contribution in [2.75, 3.05) is 20.2 Å². The van der Waals surface area contributed by atoms with Gasteiger partial charge in [-0.25, -0.2) is 4.98 Å². The molecule has 0 spiro atoms. The minimum Gasteiger partial charge on any atom is -0.497 e. The van der Waals surface area contributed by atoms with E-state index < -0.39 is 0 Å². The fraction of sp³-hybridized carbons (Fsp3) is 0.350. The highest BCUT2D eigenvalue weighted by Gasteiger charge is 2.27. The zero-order chi connectivity index (χ0) is 16.4. The minimum atomic E-state index is 0.594. The third-order valence-corrected chi connectivity index (χ3v) is 6.06. The Hall–Kier alpha value is -1.91. The highest BCUT2D eigenvalue weighted by molar-refractivity contribution is 7.18. The quantitative estimate of drug-likeness (QED) is 0.790. The Kier molecular flexibility index (Phi) is 4.50. The largest absolute Gasteiger partial charge is 0.497 e. The van der Waals surface area contributed by atoms with Gasteiger partial charge in [-0.3, -0.25) is 0 Å². The summed E-state index contributed by atoms with van der Waals surface area (Å²) in [7, 11) is 1.73. The van der Waals surface area contributed by atoms with Gasteiger partial charge >= 0.3 is 0 Å². The van der Waals surface area contributed by atoms with E-state index in [4.69, 9.17) is 9.72 Å². The maximum Gasteiger partial charge on any atom is 0.119 e. The van der Waals surface area contributed by atoms with E-state index in [0.717, 1.165) is 17.8 Å². The number of quaternary nitrogens is 1. The summed E-state index contributed by atoms with van der Waals surface area (Å²) < 4.78 is 6.66. The SMILES string of the molecule is COc1cccc(C[NH+]2CCC[C@@H](c3nc4ccccc4s3)C2)c1. The van der Waals surface area contributed by atoms with E-state index >= 15 is 0 Å². The molecule has 1 aromatic heterocycles. The molecule has 2 aromatic carbocycles. The first-order chi connectivity index (χ1) is 11.8. The first-order valence-electron chi connectivity index (χ1n) is 8.64. The Bertz CT molecular complexity index is 796. The predicted octanol–water partition coefficient (Wildman–Crippen LogP) is 3.27. The fourth-order valence-electron chi connectivity index (χ4n) is 3.66. The van der Waals surface area contributed by atoms with Crippen molar-refractivity contribution in [3.63, 3.8) is 0 Å². The van der Waals surface area contributed by atoms with Crippen molar-refractivity contribution in [2.45, 2.75) is 25.3 Å². The summed E-state index contributed by atoms with van der Waals surface area (Å²) in [4.78, 5) is 6.54. The van der Waals surface area contributed by atoms with Crippen molar-refractivity contribution in [1.82, 2.24) is 4.98 Å². The van der Waals surface area contributed by atoms with Crippen LogP contribution >= 0.6 is 11.3 Å². The van der Waals surface area contributed by atoms with E-state index in [9.17, 15) is 0 Å². The number of ether oxygens (including phenoxy) is 1. The molecule has 2 atom stereocenters. The average molecular weight is 339 g/mol. The van der Waals surface area contributed by atoms with Crippen LogP contribution in [0.5, 0.6) is 5.75 Å². The van der Waals surface area contributed by atoms with Crippen molar-refractivity contribution < 1.29 is 9.64 Å². The number of aromatic nitrogens is 1. The van der Waals surface area contributed by atoms with Crippen molar-refractivity contribution >= 4 is 21.6 Å². The molecule has 1 N–H and O–H groups in total. The van der Waals surface area contributed by atoms with E-state index in [2.05, 4.69) is 42.5 Å². The molecular weight excluding hydrogens is 316 g/mol. The van der Waals surface area contributed by atoms with Crippen LogP contribution < -0.4 is 9.64 Å². The third kappa shape index (κ3) is 3.30. The number of rotatable bonds is 4. The average Bonchev–Trinajstić information content (AvgIpc) is 3.06. The number of fused-ring (bicyclic) bond motifs is 1. The van der Waals surface area contributed by atoms with E-state index in [1.807, 2.05) is 17.4 Å². The van der Waals surface area contributed by atoms with Crippen LogP contribution in [0.25, 0.3) is 10.2 Å². The Morgan fingerprint density at radius 2 is 2.12 bits per heavy atom. The second-order valence-electron chi connectivity index (χ2n) is 6.59. The molecule has 1 aliphatic heterocycles. The highest BCUT2D eigenvalue weighted by atomic mass is 32.1.